The van der Waals surface area contributed by atoms with E-state index in [-0.39, 0.29) is 5.41 Å². The normalized spacial score (nSPS) is 17.8. The van der Waals surface area contributed by atoms with Crippen LogP contribution in [0.1, 0.15) is 45.2 Å². The predicted octanol–water partition coefficient (Wildman–Crippen LogP) is 3.67. The van der Waals surface area contributed by atoms with Gasteiger partial charge in [-0.3, -0.25) is 0 Å². The van der Waals surface area contributed by atoms with Gasteiger partial charge in [-0.2, -0.15) is 0 Å². The summed E-state index contributed by atoms with van der Waals surface area (Å²) < 4.78 is 2.32. The van der Waals surface area contributed by atoms with Crippen LogP contribution >= 0.6 is 0 Å². The molecule has 1 aromatic rings. The minimum atomic E-state index is 0.188. The fourth-order valence-electron chi connectivity index (χ4n) is 2.62. The van der Waals surface area contributed by atoms with Gasteiger partial charge in [0.15, 0.2) is 5.71 Å². The van der Waals surface area contributed by atoms with Crippen LogP contribution in [0.3, 0.4) is 0 Å². The summed E-state index contributed by atoms with van der Waals surface area (Å²) in [5.74, 6) is 0. The van der Waals surface area contributed by atoms with E-state index in [1.165, 1.54) is 35.4 Å². The molecule has 0 radical (unpaired) electrons. The molecule has 0 aliphatic carbocycles. The zero-order valence-electron chi connectivity index (χ0n) is 11.1. The van der Waals surface area contributed by atoms with E-state index in [4.69, 9.17) is 0 Å². The molecule has 1 heteroatoms. The van der Waals surface area contributed by atoms with E-state index in [0.29, 0.717) is 0 Å². The standard InChI is InChI=1S/C15H22N/c1-6-7-12-8-9-14-13(10-12)15(3,4)11(2)16(14)5/h8-10H,6-7H2,1-5H3/q+1. The van der Waals surface area contributed by atoms with Gasteiger partial charge in [0.25, 0.3) is 0 Å². The van der Waals surface area contributed by atoms with E-state index < -0.39 is 0 Å². The summed E-state index contributed by atoms with van der Waals surface area (Å²) in [5.41, 5.74) is 5.96. The topological polar surface area (TPSA) is 3.01 Å². The molecule has 0 aromatic heterocycles. The van der Waals surface area contributed by atoms with Crippen molar-refractivity contribution in [3.8, 4) is 0 Å². The number of benzene rings is 1. The molecule has 0 spiro atoms. The first-order valence-electron chi connectivity index (χ1n) is 6.19. The van der Waals surface area contributed by atoms with Crippen LogP contribution in [0.5, 0.6) is 0 Å². The average Bonchev–Trinajstić information content (AvgIpc) is 2.42. The molecular formula is C15H22N+. The highest BCUT2D eigenvalue weighted by molar-refractivity contribution is 5.93. The second-order valence-electron chi connectivity index (χ2n) is 5.37. The summed E-state index contributed by atoms with van der Waals surface area (Å²) in [5, 5.41) is 0. The van der Waals surface area contributed by atoms with Crippen molar-refractivity contribution in [3.05, 3.63) is 29.3 Å². The molecule has 0 fully saturated rings. The van der Waals surface area contributed by atoms with E-state index in [2.05, 4.69) is 57.5 Å². The van der Waals surface area contributed by atoms with Gasteiger partial charge in [0.2, 0.25) is 5.69 Å². The van der Waals surface area contributed by atoms with Crippen molar-refractivity contribution in [1.82, 2.24) is 0 Å². The monoisotopic (exact) mass is 216 g/mol. The minimum absolute atomic E-state index is 0.188. The Balaban J connectivity index is 2.54. The first kappa shape index (κ1) is 11.4. The maximum absolute atomic E-state index is 2.39. The maximum Gasteiger partial charge on any atom is 0.209 e. The van der Waals surface area contributed by atoms with Gasteiger partial charge < -0.3 is 0 Å². The Morgan fingerprint density at radius 1 is 1.25 bits per heavy atom. The second kappa shape index (κ2) is 3.73. The van der Waals surface area contributed by atoms with Gasteiger partial charge in [-0.05, 0) is 31.9 Å². The lowest BCUT2D eigenvalue weighted by molar-refractivity contribution is -0.403. The smallest absolute Gasteiger partial charge is 0.202 e. The van der Waals surface area contributed by atoms with E-state index in [1.807, 2.05) is 0 Å². The summed E-state index contributed by atoms with van der Waals surface area (Å²) >= 11 is 0. The Morgan fingerprint density at radius 2 is 1.94 bits per heavy atom. The molecule has 0 N–H and O–H groups in total. The number of hydrogen-bond acceptors (Lipinski definition) is 0. The van der Waals surface area contributed by atoms with Gasteiger partial charge in [-0.1, -0.05) is 19.4 Å². The van der Waals surface area contributed by atoms with Gasteiger partial charge in [0.1, 0.15) is 7.05 Å². The summed E-state index contributed by atoms with van der Waals surface area (Å²) in [7, 11) is 2.17. The zero-order chi connectivity index (χ0) is 11.9. The Kier molecular flexibility index (Phi) is 2.65. The third-order valence-electron chi connectivity index (χ3n) is 4.04. The van der Waals surface area contributed by atoms with Crippen molar-refractivity contribution in [2.24, 2.45) is 0 Å². The summed E-state index contributed by atoms with van der Waals surface area (Å²) in [6, 6.07) is 6.94. The lowest BCUT2D eigenvalue weighted by Gasteiger charge is -2.15. The molecule has 16 heavy (non-hydrogen) atoms. The first-order valence-corrected chi connectivity index (χ1v) is 6.19. The largest absolute Gasteiger partial charge is 0.209 e. The van der Waals surface area contributed by atoms with Crippen LogP contribution < -0.4 is 0 Å². The lowest BCUT2D eigenvalue weighted by atomic mass is 9.81. The number of aryl methyl sites for hydroxylation is 1. The lowest BCUT2D eigenvalue weighted by Crippen LogP contribution is -2.25. The van der Waals surface area contributed by atoms with Crippen molar-refractivity contribution in [2.75, 3.05) is 7.05 Å². The molecule has 0 amide bonds. The third-order valence-corrected chi connectivity index (χ3v) is 4.04. The highest BCUT2D eigenvalue weighted by atomic mass is 15.0. The molecule has 1 aromatic carbocycles. The zero-order valence-corrected chi connectivity index (χ0v) is 11.1. The highest BCUT2D eigenvalue weighted by Gasteiger charge is 2.41. The van der Waals surface area contributed by atoms with Gasteiger partial charge in [-0.15, -0.1) is 0 Å². The Bertz CT molecular complexity index is 453. The molecule has 1 aliphatic heterocycles. The molecule has 0 atom stereocenters. The van der Waals surface area contributed by atoms with Crippen LogP contribution in [-0.4, -0.2) is 17.3 Å². The molecule has 1 heterocycles. The molecule has 1 aliphatic rings. The molecule has 0 saturated carbocycles. The molecule has 0 unspecified atom stereocenters. The molecule has 2 rings (SSSR count). The van der Waals surface area contributed by atoms with E-state index in [1.54, 1.807) is 0 Å². The number of fused-ring (bicyclic) bond motifs is 1. The van der Waals surface area contributed by atoms with E-state index in [9.17, 15) is 0 Å². The van der Waals surface area contributed by atoms with Crippen molar-refractivity contribution in [3.63, 3.8) is 0 Å². The molecule has 0 bridgehead atoms. The minimum Gasteiger partial charge on any atom is -0.202 e. The first-order chi connectivity index (χ1) is 7.48. The molecule has 86 valence electrons. The SMILES string of the molecule is CCCc1ccc2c(c1)C(C)(C)C(C)=[N+]2C. The number of nitrogens with zero attached hydrogens (tertiary/aromatic N) is 1. The van der Waals surface area contributed by atoms with Gasteiger partial charge in [0.05, 0.1) is 5.41 Å². The van der Waals surface area contributed by atoms with E-state index in [0.717, 1.165) is 0 Å². The van der Waals surface area contributed by atoms with Crippen LogP contribution in [0.15, 0.2) is 18.2 Å². The van der Waals surface area contributed by atoms with Crippen molar-refractivity contribution in [1.29, 1.82) is 0 Å². The number of rotatable bonds is 2. The predicted molar refractivity (Wildman–Crippen MR) is 70.0 cm³/mol. The van der Waals surface area contributed by atoms with Crippen LogP contribution in [-0.2, 0) is 11.8 Å². The highest BCUT2D eigenvalue weighted by Crippen LogP contribution is 2.39. The fourth-order valence-corrected chi connectivity index (χ4v) is 2.62. The van der Waals surface area contributed by atoms with Gasteiger partial charge >= 0.3 is 0 Å². The van der Waals surface area contributed by atoms with Crippen molar-refractivity contribution < 1.29 is 4.58 Å². The summed E-state index contributed by atoms with van der Waals surface area (Å²) in [6.07, 6.45) is 2.41. The van der Waals surface area contributed by atoms with Crippen molar-refractivity contribution >= 4 is 11.4 Å². The van der Waals surface area contributed by atoms with Crippen molar-refractivity contribution in [2.45, 2.75) is 46.0 Å². The third kappa shape index (κ3) is 1.50. The second-order valence-corrected chi connectivity index (χ2v) is 5.37. The quantitative estimate of drug-likeness (QED) is 0.664. The van der Waals surface area contributed by atoms with Gasteiger partial charge in [-0.25, -0.2) is 4.58 Å². The molecule has 0 saturated heterocycles. The number of hydrogen-bond donors (Lipinski definition) is 0. The summed E-state index contributed by atoms with van der Waals surface area (Å²) in [4.78, 5) is 0. The van der Waals surface area contributed by atoms with E-state index >= 15 is 0 Å². The Labute approximate surface area is 98.8 Å². The van der Waals surface area contributed by atoms with Crippen LogP contribution in [0.25, 0.3) is 0 Å². The molecule has 1 nitrogen and oxygen atoms in total. The Morgan fingerprint density at radius 3 is 2.56 bits per heavy atom. The fraction of sp³-hybridized carbons (Fsp3) is 0.533. The summed E-state index contributed by atoms with van der Waals surface area (Å²) in [6.45, 7) is 9.11. The van der Waals surface area contributed by atoms with Gasteiger partial charge in [0, 0.05) is 18.6 Å². The Hall–Kier alpha value is -1.11. The van der Waals surface area contributed by atoms with Crippen LogP contribution in [0.4, 0.5) is 5.69 Å². The maximum atomic E-state index is 2.39. The average molecular weight is 216 g/mol. The van der Waals surface area contributed by atoms with Crippen LogP contribution in [0, 0.1) is 0 Å². The molecular weight excluding hydrogens is 194 g/mol. The van der Waals surface area contributed by atoms with Crippen LogP contribution in [0.2, 0.25) is 0 Å².